The van der Waals surface area contributed by atoms with Gasteiger partial charge in [-0.05, 0) is 24.3 Å². The molecule has 0 saturated carbocycles. The van der Waals surface area contributed by atoms with Gasteiger partial charge in [0.2, 0.25) is 5.91 Å². The lowest BCUT2D eigenvalue weighted by molar-refractivity contribution is -0.148. The minimum absolute atomic E-state index is 0.204. The molecule has 2 rings (SSSR count). The van der Waals surface area contributed by atoms with Crippen LogP contribution in [0.3, 0.4) is 0 Å². The Bertz CT molecular complexity index is 442. The summed E-state index contributed by atoms with van der Waals surface area (Å²) in [6.45, 7) is 0. The smallest absolute Gasteiger partial charge is 0.329 e. The number of carbonyl (C=O) groups is 2. The molecule has 1 fully saturated rings. The number of carbonyl (C=O) groups excluding carboxylic acids is 1. The van der Waals surface area contributed by atoms with Crippen LogP contribution in [-0.4, -0.2) is 39.0 Å². The maximum Gasteiger partial charge on any atom is 0.329 e. The first kappa shape index (κ1) is 14.3. The van der Waals surface area contributed by atoms with Crippen LogP contribution in [0.4, 0.5) is 0 Å². The van der Waals surface area contributed by atoms with Gasteiger partial charge >= 0.3 is 5.97 Å². The Balaban J connectivity index is 1.90. The van der Waals surface area contributed by atoms with Crippen LogP contribution in [0.1, 0.15) is 24.3 Å². The Labute approximate surface area is 119 Å². The number of nitrogens with one attached hydrogen (secondary N) is 1. The van der Waals surface area contributed by atoms with Gasteiger partial charge in [0, 0.05) is 24.4 Å². The summed E-state index contributed by atoms with van der Waals surface area (Å²) in [6.07, 6.45) is 3.55. The van der Waals surface area contributed by atoms with Crippen LogP contribution in [0.5, 0.6) is 0 Å². The topological polar surface area (TPSA) is 79.3 Å². The molecule has 1 aromatic heterocycles. The molecule has 0 radical (unpaired) electrons. The van der Waals surface area contributed by atoms with E-state index in [4.69, 9.17) is 0 Å². The molecule has 2 heterocycles. The van der Waals surface area contributed by atoms with E-state index in [1.54, 1.807) is 18.0 Å². The van der Waals surface area contributed by atoms with Crippen LogP contribution in [0.2, 0.25) is 0 Å². The van der Waals surface area contributed by atoms with Crippen molar-refractivity contribution >= 4 is 35.0 Å². The molecule has 1 aliphatic heterocycles. The summed E-state index contributed by atoms with van der Waals surface area (Å²) in [4.78, 5) is 27.4. The van der Waals surface area contributed by atoms with E-state index >= 15 is 0 Å². The first-order valence-electron chi connectivity index (χ1n) is 6.13. The van der Waals surface area contributed by atoms with Crippen LogP contribution >= 0.6 is 23.1 Å². The first-order chi connectivity index (χ1) is 9.12. The second-order valence-corrected chi connectivity index (χ2v) is 6.68. The van der Waals surface area contributed by atoms with Crippen molar-refractivity contribution in [1.82, 2.24) is 10.3 Å². The van der Waals surface area contributed by atoms with Crippen molar-refractivity contribution < 1.29 is 14.7 Å². The van der Waals surface area contributed by atoms with Crippen LogP contribution in [-0.2, 0) is 16.0 Å². The summed E-state index contributed by atoms with van der Waals surface area (Å²) in [5.41, 5.74) is -1.06. The third-order valence-corrected chi connectivity index (χ3v) is 5.01. The normalized spacial score (nSPS) is 17.9. The number of hydrogen-bond acceptors (Lipinski definition) is 5. The molecule has 0 aromatic carbocycles. The Morgan fingerprint density at radius 3 is 2.74 bits per heavy atom. The van der Waals surface area contributed by atoms with Gasteiger partial charge in [0.05, 0.1) is 5.01 Å². The van der Waals surface area contributed by atoms with Gasteiger partial charge in [0.15, 0.2) is 0 Å². The van der Waals surface area contributed by atoms with Crippen molar-refractivity contribution in [1.29, 1.82) is 0 Å². The van der Waals surface area contributed by atoms with Gasteiger partial charge in [-0.3, -0.25) is 4.79 Å². The van der Waals surface area contributed by atoms with Crippen molar-refractivity contribution in [2.24, 2.45) is 0 Å². The molecule has 7 heteroatoms. The van der Waals surface area contributed by atoms with Crippen LogP contribution < -0.4 is 5.32 Å². The standard InChI is InChI=1S/C12H16N2O3S2/c15-9(1-2-10-13-5-8-19-10)14-12(11(16)17)3-6-18-7-4-12/h5,8H,1-4,6-7H2,(H,14,15)(H,16,17). The fraction of sp³-hybridized carbons (Fsp3) is 0.583. The average molecular weight is 300 g/mol. The van der Waals surface area contributed by atoms with E-state index in [1.165, 1.54) is 11.3 Å². The predicted octanol–water partition coefficient (Wildman–Crippen LogP) is 1.54. The molecule has 2 N–H and O–H groups in total. The van der Waals surface area contributed by atoms with E-state index in [0.29, 0.717) is 19.3 Å². The van der Waals surface area contributed by atoms with Crippen molar-refractivity contribution in [3.05, 3.63) is 16.6 Å². The highest BCUT2D eigenvalue weighted by Crippen LogP contribution is 2.27. The summed E-state index contributed by atoms with van der Waals surface area (Å²) in [7, 11) is 0. The van der Waals surface area contributed by atoms with Gasteiger partial charge in [-0.2, -0.15) is 11.8 Å². The summed E-state index contributed by atoms with van der Waals surface area (Å²) < 4.78 is 0. The number of nitrogens with zero attached hydrogens (tertiary/aromatic N) is 1. The number of aryl methyl sites for hydroxylation is 1. The van der Waals surface area contributed by atoms with Gasteiger partial charge in [-0.25, -0.2) is 9.78 Å². The molecule has 0 bridgehead atoms. The number of aromatic nitrogens is 1. The van der Waals surface area contributed by atoms with Crippen molar-refractivity contribution in [2.75, 3.05) is 11.5 Å². The molecular weight excluding hydrogens is 284 g/mol. The Kier molecular flexibility index (Phi) is 4.81. The van der Waals surface area contributed by atoms with Crippen LogP contribution in [0.15, 0.2) is 11.6 Å². The van der Waals surface area contributed by atoms with E-state index in [9.17, 15) is 14.7 Å². The zero-order valence-corrected chi connectivity index (χ0v) is 12.1. The number of carboxylic acid groups (broad SMARTS) is 1. The highest BCUT2D eigenvalue weighted by Gasteiger charge is 2.41. The lowest BCUT2D eigenvalue weighted by atomic mass is 9.92. The van der Waals surface area contributed by atoms with Crippen LogP contribution in [0, 0.1) is 0 Å². The minimum atomic E-state index is -1.06. The second-order valence-electron chi connectivity index (χ2n) is 4.47. The number of hydrogen-bond donors (Lipinski definition) is 2. The van der Waals surface area contributed by atoms with Gasteiger partial charge in [-0.1, -0.05) is 0 Å². The van der Waals surface area contributed by atoms with Gasteiger partial charge < -0.3 is 10.4 Å². The van der Waals surface area contributed by atoms with Crippen molar-refractivity contribution in [3.8, 4) is 0 Å². The maximum absolute atomic E-state index is 11.9. The number of thioether (sulfide) groups is 1. The molecule has 1 aliphatic rings. The molecule has 1 amide bonds. The lowest BCUT2D eigenvalue weighted by Crippen LogP contribution is -2.56. The third-order valence-electron chi connectivity index (χ3n) is 3.18. The highest BCUT2D eigenvalue weighted by molar-refractivity contribution is 7.99. The third kappa shape index (κ3) is 3.70. The molecule has 0 atom stereocenters. The van der Waals surface area contributed by atoms with E-state index in [2.05, 4.69) is 10.3 Å². The Hall–Kier alpha value is -1.08. The summed E-state index contributed by atoms with van der Waals surface area (Å²) in [5.74, 6) is 0.429. The highest BCUT2D eigenvalue weighted by atomic mass is 32.2. The molecule has 19 heavy (non-hydrogen) atoms. The Morgan fingerprint density at radius 1 is 1.42 bits per heavy atom. The molecule has 0 unspecified atom stereocenters. The largest absolute Gasteiger partial charge is 0.480 e. The van der Waals surface area contributed by atoms with Crippen molar-refractivity contribution in [2.45, 2.75) is 31.2 Å². The average Bonchev–Trinajstić information content (AvgIpc) is 2.90. The molecule has 0 spiro atoms. The number of carboxylic acids is 1. The number of amides is 1. The fourth-order valence-electron chi connectivity index (χ4n) is 2.04. The molecule has 1 aromatic rings. The van der Waals surface area contributed by atoms with E-state index in [0.717, 1.165) is 16.5 Å². The molecule has 0 aliphatic carbocycles. The first-order valence-corrected chi connectivity index (χ1v) is 8.16. The molecule has 104 valence electrons. The lowest BCUT2D eigenvalue weighted by Gasteiger charge is -2.33. The zero-order chi connectivity index (χ0) is 13.7. The predicted molar refractivity (Wildman–Crippen MR) is 75.5 cm³/mol. The summed E-state index contributed by atoms with van der Waals surface area (Å²) >= 11 is 3.24. The minimum Gasteiger partial charge on any atom is -0.480 e. The van der Waals surface area contributed by atoms with E-state index < -0.39 is 11.5 Å². The quantitative estimate of drug-likeness (QED) is 0.862. The maximum atomic E-state index is 11.9. The van der Waals surface area contributed by atoms with Gasteiger partial charge in [-0.15, -0.1) is 11.3 Å². The number of aliphatic carboxylic acids is 1. The monoisotopic (exact) mass is 300 g/mol. The molecule has 1 saturated heterocycles. The van der Waals surface area contributed by atoms with Crippen molar-refractivity contribution in [3.63, 3.8) is 0 Å². The fourth-order valence-corrected chi connectivity index (χ4v) is 3.85. The van der Waals surface area contributed by atoms with E-state index in [-0.39, 0.29) is 12.3 Å². The zero-order valence-electron chi connectivity index (χ0n) is 10.4. The van der Waals surface area contributed by atoms with E-state index in [1.807, 2.05) is 5.38 Å². The number of rotatable bonds is 5. The summed E-state index contributed by atoms with van der Waals surface area (Å²) in [5, 5.41) is 14.8. The molecular formula is C12H16N2O3S2. The molecule has 5 nitrogen and oxygen atoms in total. The summed E-state index contributed by atoms with van der Waals surface area (Å²) in [6, 6.07) is 0. The second kappa shape index (κ2) is 6.38. The van der Waals surface area contributed by atoms with Crippen LogP contribution in [0.25, 0.3) is 0 Å². The van der Waals surface area contributed by atoms with Gasteiger partial charge in [0.25, 0.3) is 0 Å². The Morgan fingerprint density at radius 2 is 2.16 bits per heavy atom. The van der Waals surface area contributed by atoms with Gasteiger partial charge in [0.1, 0.15) is 5.54 Å². The number of thiazole rings is 1. The SMILES string of the molecule is O=C(CCc1nccs1)NC1(C(=O)O)CCSCC1.